The number of carbonyl (C=O) groups excluding carboxylic acids is 1. The average Bonchev–Trinajstić information content (AvgIpc) is 3.25. The Morgan fingerprint density at radius 2 is 1.76 bits per heavy atom. The zero-order valence-electron chi connectivity index (χ0n) is 19.6. The van der Waals surface area contributed by atoms with Gasteiger partial charge in [0, 0.05) is 29.1 Å². The predicted octanol–water partition coefficient (Wildman–Crippen LogP) is 6.29. The maximum atomic E-state index is 12.7. The summed E-state index contributed by atoms with van der Waals surface area (Å²) in [6.07, 6.45) is 1.07. The van der Waals surface area contributed by atoms with Gasteiger partial charge in [0.25, 0.3) is 0 Å². The lowest BCUT2D eigenvalue weighted by Crippen LogP contribution is -2.26. The Morgan fingerprint density at radius 1 is 1.05 bits per heavy atom. The monoisotopic (exact) mass is 527 g/mol. The first-order valence-corrected chi connectivity index (χ1v) is 12.8. The SMILES string of the molecule is N#Cc1cc(Cl)c(Sc2ncccc2CO)c(CNC(=O)OCC2c3ccccc3-c3ccccc32)c1. The molecule has 4 aromatic rings. The van der Waals surface area contributed by atoms with E-state index in [0.717, 1.165) is 22.3 Å². The first-order valence-electron chi connectivity index (χ1n) is 11.6. The minimum Gasteiger partial charge on any atom is -0.449 e. The number of nitriles is 1. The summed E-state index contributed by atoms with van der Waals surface area (Å²) in [6, 6.07) is 25.2. The van der Waals surface area contributed by atoms with Crippen LogP contribution in [0, 0.1) is 11.3 Å². The van der Waals surface area contributed by atoms with Crippen LogP contribution in [0.4, 0.5) is 4.79 Å². The van der Waals surface area contributed by atoms with Crippen molar-refractivity contribution in [2.24, 2.45) is 0 Å². The van der Waals surface area contributed by atoms with Crippen molar-refractivity contribution in [2.45, 2.75) is 29.0 Å². The zero-order valence-corrected chi connectivity index (χ0v) is 21.2. The van der Waals surface area contributed by atoms with Crippen LogP contribution < -0.4 is 5.32 Å². The molecule has 0 radical (unpaired) electrons. The van der Waals surface area contributed by atoms with Gasteiger partial charge in [-0.25, -0.2) is 9.78 Å². The Bertz CT molecular complexity index is 1470. The van der Waals surface area contributed by atoms with E-state index in [1.165, 1.54) is 11.8 Å². The standard InChI is InChI=1S/C29H22ClN3O3S/c30-26-13-18(14-31)12-20(27(26)37-28-19(16-34)6-5-11-32-28)15-33-29(35)36-17-25-23-9-3-1-7-21(23)22-8-2-4-10-24(22)25/h1-13,25,34H,15-17H2,(H,33,35). The topological polar surface area (TPSA) is 95.2 Å². The van der Waals surface area contributed by atoms with Crippen molar-refractivity contribution in [3.63, 3.8) is 0 Å². The summed E-state index contributed by atoms with van der Waals surface area (Å²) in [5.74, 6) is -0.0401. The maximum absolute atomic E-state index is 12.7. The number of nitrogens with zero attached hydrogens (tertiary/aromatic N) is 2. The number of hydrogen-bond donors (Lipinski definition) is 2. The second-order valence-corrected chi connectivity index (χ2v) is 9.87. The molecule has 0 bridgehead atoms. The Morgan fingerprint density at radius 3 is 2.43 bits per heavy atom. The lowest BCUT2D eigenvalue weighted by Gasteiger charge is -2.16. The summed E-state index contributed by atoms with van der Waals surface area (Å²) in [4.78, 5) is 17.7. The van der Waals surface area contributed by atoms with Crippen molar-refractivity contribution in [3.8, 4) is 17.2 Å². The molecule has 5 rings (SSSR count). The van der Waals surface area contributed by atoms with E-state index in [4.69, 9.17) is 16.3 Å². The van der Waals surface area contributed by atoms with Crippen molar-refractivity contribution in [3.05, 3.63) is 112 Å². The van der Waals surface area contributed by atoms with Crippen LogP contribution in [-0.2, 0) is 17.9 Å². The number of pyridine rings is 1. The quantitative estimate of drug-likeness (QED) is 0.293. The number of fused-ring (bicyclic) bond motifs is 3. The van der Waals surface area contributed by atoms with E-state index in [2.05, 4.69) is 40.6 Å². The lowest BCUT2D eigenvalue weighted by molar-refractivity contribution is 0.142. The summed E-state index contributed by atoms with van der Waals surface area (Å²) in [5.41, 5.74) is 6.28. The van der Waals surface area contributed by atoms with Gasteiger partial charge in [0.15, 0.2) is 0 Å². The van der Waals surface area contributed by atoms with Gasteiger partial charge in [-0.2, -0.15) is 5.26 Å². The number of amides is 1. The number of benzene rings is 3. The molecule has 8 heteroatoms. The molecule has 1 heterocycles. The highest BCUT2D eigenvalue weighted by molar-refractivity contribution is 7.99. The Labute approximate surface area is 223 Å². The number of halogens is 1. The molecule has 0 saturated heterocycles. The highest BCUT2D eigenvalue weighted by Gasteiger charge is 2.29. The fourth-order valence-electron chi connectivity index (χ4n) is 4.51. The van der Waals surface area contributed by atoms with Crippen LogP contribution in [-0.4, -0.2) is 22.8 Å². The molecule has 0 atom stereocenters. The number of nitrogens with one attached hydrogen (secondary N) is 1. The van der Waals surface area contributed by atoms with E-state index >= 15 is 0 Å². The number of carbonyl (C=O) groups is 1. The van der Waals surface area contributed by atoms with Crippen molar-refractivity contribution in [2.75, 3.05) is 6.61 Å². The molecule has 2 N–H and O–H groups in total. The lowest BCUT2D eigenvalue weighted by atomic mass is 9.98. The van der Waals surface area contributed by atoms with Crippen LogP contribution >= 0.6 is 23.4 Å². The average molecular weight is 528 g/mol. The van der Waals surface area contributed by atoms with E-state index < -0.39 is 6.09 Å². The van der Waals surface area contributed by atoms with Crippen LogP contribution in [0.2, 0.25) is 5.02 Å². The van der Waals surface area contributed by atoms with Gasteiger partial charge in [0.05, 0.1) is 23.3 Å². The van der Waals surface area contributed by atoms with Crippen LogP contribution in [0.3, 0.4) is 0 Å². The van der Waals surface area contributed by atoms with Gasteiger partial charge in [-0.05, 0) is 46.0 Å². The number of aromatic nitrogens is 1. The van der Waals surface area contributed by atoms with E-state index in [-0.39, 0.29) is 25.7 Å². The van der Waals surface area contributed by atoms with Crippen LogP contribution in [0.15, 0.2) is 88.9 Å². The van der Waals surface area contributed by atoms with Crippen molar-refractivity contribution in [1.82, 2.24) is 10.3 Å². The fraction of sp³-hybridized carbons (Fsp3) is 0.138. The molecule has 0 unspecified atom stereocenters. The van der Waals surface area contributed by atoms with Crippen LogP contribution in [0.25, 0.3) is 11.1 Å². The van der Waals surface area contributed by atoms with Crippen LogP contribution in [0.5, 0.6) is 0 Å². The number of ether oxygens (including phenoxy) is 1. The second-order valence-electron chi connectivity index (χ2n) is 8.47. The summed E-state index contributed by atoms with van der Waals surface area (Å²) >= 11 is 7.79. The molecule has 1 aliphatic carbocycles. The Kier molecular flexibility index (Phi) is 7.42. The second kappa shape index (κ2) is 11.1. The largest absolute Gasteiger partial charge is 0.449 e. The Hall–Kier alpha value is -3.83. The zero-order chi connectivity index (χ0) is 25.8. The number of aliphatic hydroxyl groups excluding tert-OH is 1. The first-order chi connectivity index (χ1) is 18.1. The molecule has 1 amide bonds. The van der Waals surface area contributed by atoms with Gasteiger partial charge in [0.2, 0.25) is 0 Å². The third kappa shape index (κ3) is 5.18. The van der Waals surface area contributed by atoms with Crippen molar-refractivity contribution in [1.29, 1.82) is 5.26 Å². The minimum absolute atomic E-state index is 0.0401. The molecular formula is C29H22ClN3O3S. The third-order valence-electron chi connectivity index (χ3n) is 6.24. The molecule has 37 heavy (non-hydrogen) atoms. The normalized spacial score (nSPS) is 11.9. The van der Waals surface area contributed by atoms with Gasteiger partial charge in [0.1, 0.15) is 11.6 Å². The summed E-state index contributed by atoms with van der Waals surface area (Å²) < 4.78 is 5.64. The summed E-state index contributed by atoms with van der Waals surface area (Å²) in [7, 11) is 0. The van der Waals surface area contributed by atoms with Gasteiger partial charge in [-0.15, -0.1) is 0 Å². The van der Waals surface area contributed by atoms with Gasteiger partial charge >= 0.3 is 6.09 Å². The van der Waals surface area contributed by atoms with Crippen molar-refractivity contribution < 1.29 is 14.6 Å². The fourth-order valence-corrected chi connectivity index (χ4v) is 5.85. The molecule has 0 saturated carbocycles. The molecule has 0 spiro atoms. The number of hydrogen-bond acceptors (Lipinski definition) is 6. The number of alkyl carbamates (subject to hydrolysis) is 1. The van der Waals surface area contributed by atoms with Crippen molar-refractivity contribution >= 4 is 29.5 Å². The van der Waals surface area contributed by atoms with E-state index in [0.29, 0.717) is 31.6 Å². The molecule has 3 aromatic carbocycles. The molecule has 184 valence electrons. The van der Waals surface area contributed by atoms with E-state index in [1.807, 2.05) is 24.3 Å². The smallest absolute Gasteiger partial charge is 0.407 e. The number of rotatable bonds is 7. The molecule has 6 nitrogen and oxygen atoms in total. The Balaban J connectivity index is 1.31. The third-order valence-corrected chi connectivity index (χ3v) is 7.89. The predicted molar refractivity (Wildman–Crippen MR) is 142 cm³/mol. The molecule has 1 aromatic heterocycles. The highest BCUT2D eigenvalue weighted by Crippen LogP contribution is 2.44. The van der Waals surface area contributed by atoms with E-state index in [1.54, 1.807) is 30.5 Å². The summed E-state index contributed by atoms with van der Waals surface area (Å²) in [5, 5.41) is 22.8. The van der Waals surface area contributed by atoms with Gasteiger partial charge in [-0.3, -0.25) is 0 Å². The van der Waals surface area contributed by atoms with Crippen LogP contribution in [0.1, 0.15) is 33.7 Å². The maximum Gasteiger partial charge on any atom is 0.407 e. The van der Waals surface area contributed by atoms with E-state index in [9.17, 15) is 15.2 Å². The molecule has 0 fully saturated rings. The minimum atomic E-state index is -0.565. The number of aliphatic hydroxyl groups is 1. The summed E-state index contributed by atoms with van der Waals surface area (Å²) in [6.45, 7) is 0.140. The molecular weight excluding hydrogens is 506 g/mol. The van der Waals surface area contributed by atoms with Gasteiger partial charge in [-0.1, -0.05) is 78.0 Å². The highest BCUT2D eigenvalue weighted by atomic mass is 35.5. The molecule has 0 aliphatic heterocycles. The first kappa shape index (κ1) is 24.8. The molecule has 1 aliphatic rings. The van der Waals surface area contributed by atoms with Gasteiger partial charge < -0.3 is 15.2 Å².